The Hall–Kier alpha value is -1.26. The van der Waals surface area contributed by atoms with Gasteiger partial charge in [-0.3, -0.25) is 4.79 Å². The maximum Gasteiger partial charge on any atom is 0.239 e. The van der Waals surface area contributed by atoms with Crippen LogP contribution >= 0.6 is 11.6 Å². The van der Waals surface area contributed by atoms with Crippen LogP contribution in [0.15, 0.2) is 18.2 Å². The lowest BCUT2D eigenvalue weighted by atomic mass is 10.2. The van der Waals surface area contributed by atoms with E-state index >= 15 is 0 Å². The Kier molecular flexibility index (Phi) is 6.67. The van der Waals surface area contributed by atoms with Crippen LogP contribution in [-0.4, -0.2) is 33.1 Å². The van der Waals surface area contributed by atoms with E-state index in [2.05, 4.69) is 17.6 Å². The molecule has 0 spiro atoms. The minimum atomic E-state index is 0.00359. The summed E-state index contributed by atoms with van der Waals surface area (Å²) >= 11 is 6.26. The van der Waals surface area contributed by atoms with Crippen molar-refractivity contribution in [3.8, 4) is 0 Å². The number of nitrogens with one attached hydrogen (secondary N) is 2. The Balaban J connectivity index is 2.89. The Morgan fingerprint density at radius 2 is 2.11 bits per heavy atom. The third kappa shape index (κ3) is 4.73. The molecule has 0 aliphatic heterocycles. The molecule has 0 saturated carbocycles. The lowest BCUT2D eigenvalue weighted by molar-refractivity contribution is -0.119. The molecule has 4 nitrogen and oxygen atoms in total. The highest BCUT2D eigenvalue weighted by atomic mass is 35.5. The van der Waals surface area contributed by atoms with Gasteiger partial charge in [0.05, 0.1) is 6.54 Å². The van der Waals surface area contributed by atoms with Gasteiger partial charge in [-0.15, -0.1) is 0 Å². The molecule has 5 heteroatoms. The summed E-state index contributed by atoms with van der Waals surface area (Å²) in [6.45, 7) is 4.01. The van der Waals surface area contributed by atoms with Crippen molar-refractivity contribution in [1.82, 2.24) is 10.6 Å². The molecular weight excluding hydrogens is 262 g/mol. The summed E-state index contributed by atoms with van der Waals surface area (Å²) in [4.78, 5) is 13.6. The van der Waals surface area contributed by atoms with Crippen LogP contribution in [0, 0.1) is 0 Å². The maximum atomic E-state index is 11.5. The maximum absolute atomic E-state index is 11.5. The van der Waals surface area contributed by atoms with E-state index in [0.717, 1.165) is 35.8 Å². The minimum Gasteiger partial charge on any atom is -0.362 e. The van der Waals surface area contributed by atoms with Gasteiger partial charge in [0.25, 0.3) is 0 Å². The van der Waals surface area contributed by atoms with Crippen LogP contribution in [-0.2, 0) is 11.3 Å². The molecule has 1 aromatic rings. The van der Waals surface area contributed by atoms with E-state index < -0.39 is 0 Å². The third-order valence-corrected chi connectivity index (χ3v) is 3.23. The summed E-state index contributed by atoms with van der Waals surface area (Å²) < 4.78 is 0. The smallest absolute Gasteiger partial charge is 0.239 e. The molecule has 0 bridgehead atoms. The number of rotatable bonds is 7. The molecule has 0 unspecified atom stereocenters. The number of likely N-dealkylation sites (N-methyl/N-ethyl adjacent to an activating group) is 1. The number of halogens is 1. The van der Waals surface area contributed by atoms with Gasteiger partial charge in [-0.2, -0.15) is 0 Å². The number of nitrogens with zero attached hydrogens (tertiary/aromatic N) is 1. The first-order valence-corrected chi connectivity index (χ1v) is 6.88. The molecule has 1 rings (SSSR count). The molecule has 0 radical (unpaired) electrons. The molecule has 0 saturated heterocycles. The van der Waals surface area contributed by atoms with Gasteiger partial charge in [0.15, 0.2) is 0 Å². The Labute approximate surface area is 120 Å². The predicted octanol–water partition coefficient (Wildman–Crippen LogP) is 2.02. The molecular formula is C14H22ClN3O. The number of hydrogen-bond donors (Lipinski definition) is 2. The first kappa shape index (κ1) is 15.8. The van der Waals surface area contributed by atoms with E-state index in [0.29, 0.717) is 6.54 Å². The number of benzene rings is 1. The lowest BCUT2D eigenvalue weighted by Crippen LogP contribution is -2.36. The van der Waals surface area contributed by atoms with Crippen LogP contribution in [0.5, 0.6) is 0 Å². The van der Waals surface area contributed by atoms with Gasteiger partial charge < -0.3 is 15.5 Å². The molecule has 2 N–H and O–H groups in total. The zero-order valence-corrected chi connectivity index (χ0v) is 12.5. The van der Waals surface area contributed by atoms with E-state index in [9.17, 15) is 4.79 Å². The van der Waals surface area contributed by atoms with Crippen LogP contribution in [0.1, 0.15) is 18.9 Å². The predicted molar refractivity (Wildman–Crippen MR) is 80.8 cm³/mol. The van der Waals surface area contributed by atoms with E-state index in [1.807, 2.05) is 30.1 Å². The van der Waals surface area contributed by atoms with Gasteiger partial charge in [-0.1, -0.05) is 24.6 Å². The second-order valence-electron chi connectivity index (χ2n) is 4.40. The van der Waals surface area contributed by atoms with Gasteiger partial charge in [-0.05, 0) is 31.2 Å². The molecule has 0 aliphatic carbocycles. The van der Waals surface area contributed by atoms with E-state index in [1.54, 1.807) is 7.05 Å². The first-order valence-electron chi connectivity index (χ1n) is 6.50. The molecule has 1 aromatic carbocycles. The largest absolute Gasteiger partial charge is 0.362 e. The zero-order valence-electron chi connectivity index (χ0n) is 11.8. The van der Waals surface area contributed by atoms with Gasteiger partial charge >= 0.3 is 0 Å². The molecule has 106 valence electrons. The minimum absolute atomic E-state index is 0.00359. The number of carbonyl (C=O) groups excluding carboxylic acids is 1. The second-order valence-corrected chi connectivity index (χ2v) is 4.81. The van der Waals surface area contributed by atoms with Crippen LogP contribution in [0.3, 0.4) is 0 Å². The summed E-state index contributed by atoms with van der Waals surface area (Å²) in [6, 6.07) is 5.94. The van der Waals surface area contributed by atoms with E-state index in [4.69, 9.17) is 11.6 Å². The molecule has 1 amide bonds. The Morgan fingerprint density at radius 1 is 1.37 bits per heavy atom. The van der Waals surface area contributed by atoms with Crippen molar-refractivity contribution in [1.29, 1.82) is 0 Å². The fourth-order valence-corrected chi connectivity index (χ4v) is 2.13. The van der Waals surface area contributed by atoms with Crippen LogP contribution in [0.4, 0.5) is 5.69 Å². The molecule has 0 aliphatic rings. The van der Waals surface area contributed by atoms with Crippen molar-refractivity contribution < 1.29 is 4.79 Å². The normalized spacial score (nSPS) is 10.3. The average Bonchev–Trinajstić information content (AvgIpc) is 2.40. The third-order valence-electron chi connectivity index (χ3n) is 2.88. The number of anilines is 1. The standard InChI is InChI=1S/C14H22ClN3O/c1-4-7-18(10-14(19)17-3)12-6-5-11(9-16-2)13(15)8-12/h5-6,8,16H,4,7,9-10H2,1-3H3,(H,17,19). The van der Waals surface area contributed by atoms with Crippen molar-refractivity contribution in [2.45, 2.75) is 19.9 Å². The topological polar surface area (TPSA) is 44.4 Å². The summed E-state index contributed by atoms with van der Waals surface area (Å²) in [5.74, 6) is 0.00359. The Morgan fingerprint density at radius 3 is 2.63 bits per heavy atom. The summed E-state index contributed by atoms with van der Waals surface area (Å²) in [7, 11) is 3.54. The molecule has 0 fully saturated rings. The van der Waals surface area contributed by atoms with Crippen molar-refractivity contribution in [2.24, 2.45) is 0 Å². The van der Waals surface area contributed by atoms with Gasteiger partial charge in [-0.25, -0.2) is 0 Å². The monoisotopic (exact) mass is 283 g/mol. The van der Waals surface area contributed by atoms with E-state index in [1.165, 1.54) is 0 Å². The fraction of sp³-hybridized carbons (Fsp3) is 0.500. The van der Waals surface area contributed by atoms with Gasteiger partial charge in [0, 0.05) is 30.8 Å². The lowest BCUT2D eigenvalue weighted by Gasteiger charge is -2.24. The number of carbonyl (C=O) groups is 1. The van der Waals surface area contributed by atoms with Crippen LogP contribution in [0.25, 0.3) is 0 Å². The van der Waals surface area contributed by atoms with Crippen molar-refractivity contribution in [3.63, 3.8) is 0 Å². The summed E-state index contributed by atoms with van der Waals surface area (Å²) in [6.07, 6.45) is 0.979. The van der Waals surface area contributed by atoms with Crippen molar-refractivity contribution in [3.05, 3.63) is 28.8 Å². The van der Waals surface area contributed by atoms with Gasteiger partial charge in [0.2, 0.25) is 5.91 Å². The van der Waals surface area contributed by atoms with Gasteiger partial charge in [0.1, 0.15) is 0 Å². The van der Waals surface area contributed by atoms with Crippen LogP contribution < -0.4 is 15.5 Å². The average molecular weight is 284 g/mol. The van der Waals surface area contributed by atoms with Crippen molar-refractivity contribution in [2.75, 3.05) is 32.1 Å². The molecule has 0 heterocycles. The molecule has 0 atom stereocenters. The summed E-state index contributed by atoms with van der Waals surface area (Å²) in [5, 5.41) is 6.45. The quantitative estimate of drug-likeness (QED) is 0.805. The second kappa shape index (κ2) is 8.02. The van der Waals surface area contributed by atoms with E-state index in [-0.39, 0.29) is 5.91 Å². The number of hydrogen-bond acceptors (Lipinski definition) is 3. The van der Waals surface area contributed by atoms with Crippen LogP contribution in [0.2, 0.25) is 5.02 Å². The van der Waals surface area contributed by atoms with Crippen molar-refractivity contribution >= 4 is 23.2 Å². The highest BCUT2D eigenvalue weighted by Gasteiger charge is 2.11. The fourth-order valence-electron chi connectivity index (χ4n) is 1.89. The SMILES string of the molecule is CCCN(CC(=O)NC)c1ccc(CNC)c(Cl)c1. The molecule has 0 aromatic heterocycles. The summed E-state index contributed by atoms with van der Waals surface area (Å²) in [5.41, 5.74) is 2.04. The Bertz CT molecular complexity index is 423. The number of amides is 1. The highest BCUT2D eigenvalue weighted by molar-refractivity contribution is 6.31. The zero-order chi connectivity index (χ0) is 14.3. The molecule has 19 heavy (non-hydrogen) atoms. The first-order chi connectivity index (χ1) is 9.12. The highest BCUT2D eigenvalue weighted by Crippen LogP contribution is 2.24.